The van der Waals surface area contributed by atoms with Crippen LogP contribution in [0.2, 0.25) is 13.1 Å². The minimum atomic E-state index is -1.68. The van der Waals surface area contributed by atoms with Crippen molar-refractivity contribution in [1.29, 1.82) is 0 Å². The van der Waals surface area contributed by atoms with Crippen LogP contribution < -0.4 is 0 Å². The molecular weight excluding hydrogens is 136 g/mol. The van der Waals surface area contributed by atoms with Crippen LogP contribution in [-0.2, 0) is 8.85 Å². The molecule has 0 saturated carbocycles. The topological polar surface area (TPSA) is 50.0 Å². The zero-order valence-corrected chi connectivity index (χ0v) is 7.52. The molecule has 3 nitrogen and oxygen atoms in total. The van der Waals surface area contributed by atoms with Gasteiger partial charge in [0.05, 0.1) is 0 Å². The molecule has 0 saturated heterocycles. The Balaban J connectivity index is 0. The maximum Gasteiger partial charge on any atom is 0.331 e. The van der Waals surface area contributed by atoms with Gasteiger partial charge in [-0.05, 0) is 20.0 Å². The molecule has 2 N–H and O–H groups in total. The molecule has 0 aromatic carbocycles. The van der Waals surface area contributed by atoms with E-state index in [1.165, 1.54) is 0 Å². The molecule has 0 aromatic rings. The normalized spacial score (nSPS) is 10.7. The van der Waals surface area contributed by atoms with Crippen molar-refractivity contribution in [3.05, 3.63) is 0 Å². The smallest absolute Gasteiger partial charge is 0.331 e. The van der Waals surface area contributed by atoms with Gasteiger partial charge in [0.1, 0.15) is 0 Å². The molecule has 9 heavy (non-hydrogen) atoms. The van der Waals surface area contributed by atoms with Crippen molar-refractivity contribution >= 4 is 8.56 Å². The van der Waals surface area contributed by atoms with Crippen molar-refractivity contribution in [2.45, 2.75) is 20.0 Å². The summed E-state index contributed by atoms with van der Waals surface area (Å²) in [5, 5.41) is 0. The van der Waals surface area contributed by atoms with Crippen LogP contribution in [0.4, 0.5) is 0 Å². The van der Waals surface area contributed by atoms with Gasteiger partial charge in [0.15, 0.2) is 0 Å². The first-order chi connectivity index (χ1) is 3.62. The van der Waals surface area contributed by atoms with Crippen molar-refractivity contribution in [1.82, 2.24) is 0 Å². The minimum Gasteiger partial charge on any atom is -0.412 e. The van der Waals surface area contributed by atoms with Gasteiger partial charge in [-0.15, -0.1) is 0 Å². The Morgan fingerprint density at radius 1 is 1.33 bits per heavy atom. The molecule has 0 fully saturated rings. The number of hydrogen-bond acceptors (Lipinski definition) is 2. The predicted molar refractivity (Wildman–Crippen MR) is 39.7 cm³/mol. The fourth-order valence-corrected chi connectivity index (χ4v) is 1.22. The second-order valence-corrected chi connectivity index (χ2v) is 5.53. The van der Waals surface area contributed by atoms with Gasteiger partial charge in [-0.3, -0.25) is 0 Å². The van der Waals surface area contributed by atoms with Crippen LogP contribution in [0.5, 0.6) is 0 Å². The zero-order chi connectivity index (χ0) is 6.62. The first-order valence-electron chi connectivity index (χ1n) is 2.81. The van der Waals surface area contributed by atoms with E-state index in [4.69, 9.17) is 8.85 Å². The highest BCUT2D eigenvalue weighted by Gasteiger charge is 2.20. The molecule has 0 bridgehead atoms. The third-order valence-corrected chi connectivity index (χ3v) is 2.95. The van der Waals surface area contributed by atoms with E-state index in [2.05, 4.69) is 0 Å². The van der Waals surface area contributed by atoms with Crippen molar-refractivity contribution < 1.29 is 14.3 Å². The Hall–Kier alpha value is 0.0969. The standard InChI is InChI=1S/C5H14O2Si.H2O/c1-5-7-8(3,4)6-2;/h5H2,1-4H3;1H2. The van der Waals surface area contributed by atoms with E-state index in [9.17, 15) is 0 Å². The third kappa shape index (κ3) is 5.98. The second kappa shape index (κ2) is 4.93. The quantitative estimate of drug-likeness (QED) is 0.554. The van der Waals surface area contributed by atoms with Crippen molar-refractivity contribution in [3.8, 4) is 0 Å². The summed E-state index contributed by atoms with van der Waals surface area (Å²) in [5.74, 6) is 0. The monoisotopic (exact) mass is 152 g/mol. The van der Waals surface area contributed by atoms with Gasteiger partial charge in [0, 0.05) is 13.7 Å². The zero-order valence-electron chi connectivity index (χ0n) is 6.52. The maximum absolute atomic E-state index is 5.30. The summed E-state index contributed by atoms with van der Waals surface area (Å²) in [6.07, 6.45) is 0. The fourth-order valence-electron chi connectivity index (χ4n) is 0.407. The van der Waals surface area contributed by atoms with E-state index in [0.717, 1.165) is 6.61 Å². The lowest BCUT2D eigenvalue weighted by atomic mass is 10.9. The van der Waals surface area contributed by atoms with Crippen molar-refractivity contribution in [2.75, 3.05) is 13.7 Å². The molecule has 0 heterocycles. The average Bonchev–Trinajstić information content (AvgIpc) is 1.67. The van der Waals surface area contributed by atoms with Crippen LogP contribution in [0.15, 0.2) is 0 Å². The van der Waals surface area contributed by atoms with Gasteiger partial charge in [0.2, 0.25) is 0 Å². The molecule has 0 spiro atoms. The Morgan fingerprint density at radius 3 is 1.89 bits per heavy atom. The van der Waals surface area contributed by atoms with E-state index in [0.29, 0.717) is 0 Å². The van der Waals surface area contributed by atoms with Gasteiger partial charge in [0.25, 0.3) is 0 Å². The molecule has 4 heteroatoms. The molecule has 0 aliphatic rings. The Morgan fingerprint density at radius 2 is 1.78 bits per heavy atom. The summed E-state index contributed by atoms with van der Waals surface area (Å²) in [4.78, 5) is 0. The second-order valence-electron chi connectivity index (χ2n) is 2.04. The van der Waals surface area contributed by atoms with Gasteiger partial charge < -0.3 is 14.3 Å². The molecule has 0 radical (unpaired) electrons. The lowest BCUT2D eigenvalue weighted by Crippen LogP contribution is -2.32. The van der Waals surface area contributed by atoms with E-state index in [1.807, 2.05) is 20.0 Å². The molecule has 0 aliphatic heterocycles. The third-order valence-electron chi connectivity index (χ3n) is 0.984. The molecule has 0 aliphatic carbocycles. The van der Waals surface area contributed by atoms with Gasteiger partial charge in [-0.25, -0.2) is 0 Å². The van der Waals surface area contributed by atoms with Gasteiger partial charge >= 0.3 is 8.56 Å². The highest BCUT2D eigenvalue weighted by molar-refractivity contribution is 6.64. The van der Waals surface area contributed by atoms with E-state index in [1.54, 1.807) is 7.11 Å². The van der Waals surface area contributed by atoms with Crippen LogP contribution in [0.1, 0.15) is 6.92 Å². The van der Waals surface area contributed by atoms with Crippen molar-refractivity contribution in [3.63, 3.8) is 0 Å². The number of rotatable bonds is 3. The van der Waals surface area contributed by atoms with Crippen LogP contribution in [-0.4, -0.2) is 27.8 Å². The number of hydrogen-bond donors (Lipinski definition) is 0. The van der Waals surface area contributed by atoms with E-state index >= 15 is 0 Å². The summed E-state index contributed by atoms with van der Waals surface area (Å²) in [6.45, 7) is 6.79. The molecule has 58 valence electrons. The molecule has 0 unspecified atom stereocenters. The Bertz CT molecular complexity index is 65.2. The largest absolute Gasteiger partial charge is 0.412 e. The van der Waals surface area contributed by atoms with Crippen LogP contribution in [0.25, 0.3) is 0 Å². The molecule has 0 atom stereocenters. The van der Waals surface area contributed by atoms with Crippen LogP contribution >= 0.6 is 0 Å². The highest BCUT2D eigenvalue weighted by atomic mass is 28.4. The summed E-state index contributed by atoms with van der Waals surface area (Å²) in [6, 6.07) is 0. The lowest BCUT2D eigenvalue weighted by molar-refractivity contribution is 0.222. The Kier molecular flexibility index (Phi) is 6.48. The van der Waals surface area contributed by atoms with Crippen LogP contribution in [0, 0.1) is 0 Å². The average molecular weight is 152 g/mol. The first-order valence-corrected chi connectivity index (χ1v) is 5.63. The van der Waals surface area contributed by atoms with Crippen molar-refractivity contribution in [2.24, 2.45) is 0 Å². The maximum atomic E-state index is 5.30. The predicted octanol–water partition coefficient (Wildman–Crippen LogP) is 0.546. The van der Waals surface area contributed by atoms with Gasteiger partial charge in [-0.2, -0.15) is 0 Å². The fraction of sp³-hybridized carbons (Fsp3) is 1.00. The van der Waals surface area contributed by atoms with Gasteiger partial charge in [-0.1, -0.05) is 0 Å². The first kappa shape index (κ1) is 11.8. The lowest BCUT2D eigenvalue weighted by Gasteiger charge is -2.18. The summed E-state index contributed by atoms with van der Waals surface area (Å²) >= 11 is 0. The highest BCUT2D eigenvalue weighted by Crippen LogP contribution is 2.02. The van der Waals surface area contributed by atoms with E-state index in [-0.39, 0.29) is 5.48 Å². The minimum absolute atomic E-state index is 0. The molecule has 0 rings (SSSR count). The molecule has 0 amide bonds. The molecular formula is C5H16O3Si. The SMILES string of the molecule is CCO[Si](C)(C)OC.O. The van der Waals surface area contributed by atoms with Crippen LogP contribution in [0.3, 0.4) is 0 Å². The summed E-state index contributed by atoms with van der Waals surface area (Å²) < 4.78 is 10.4. The van der Waals surface area contributed by atoms with E-state index < -0.39 is 8.56 Å². The summed E-state index contributed by atoms with van der Waals surface area (Å²) in [7, 11) is 0.0190. The Labute approximate surface area is 57.5 Å². The summed E-state index contributed by atoms with van der Waals surface area (Å²) in [5.41, 5.74) is 0. The molecule has 0 aromatic heterocycles.